The molecule has 20 heteroatoms. The summed E-state index contributed by atoms with van der Waals surface area (Å²) in [6, 6.07) is 12.2. The van der Waals surface area contributed by atoms with E-state index in [9.17, 15) is 15.5 Å². The monoisotopic (exact) mass is 1600 g/mol. The highest BCUT2D eigenvalue weighted by molar-refractivity contribution is 6.08. The molecule has 0 bridgehead atoms. The number of benzene rings is 2. The summed E-state index contributed by atoms with van der Waals surface area (Å²) in [6.07, 6.45) is 30.5. The lowest BCUT2D eigenvalue weighted by molar-refractivity contribution is 0.0670. The van der Waals surface area contributed by atoms with Gasteiger partial charge < -0.3 is 29.8 Å². The smallest absolute Gasteiger partial charge is 0.281 e. The Kier molecular flexibility index (Phi) is 47.5. The highest BCUT2D eigenvalue weighted by Gasteiger charge is 2.34. The van der Waals surface area contributed by atoms with Crippen molar-refractivity contribution < 1.29 is 29.4 Å². The molecule has 0 aliphatic rings. The van der Waals surface area contributed by atoms with Crippen molar-refractivity contribution in [3.63, 3.8) is 0 Å². The number of nitrogens with zero attached hydrogens (tertiary/aromatic N) is 12. The first-order chi connectivity index (χ1) is 56.0. The molecule has 0 aliphatic heterocycles. The Morgan fingerprint density at radius 3 is 0.802 bits per heavy atom. The molecule has 4 aromatic rings. The van der Waals surface area contributed by atoms with Crippen LogP contribution in [-0.2, 0) is 13.1 Å². The number of aromatic hydroxyl groups is 2. The maximum absolute atomic E-state index is 15.9. The third kappa shape index (κ3) is 29.5. The van der Waals surface area contributed by atoms with Gasteiger partial charge in [-0.15, -0.1) is 20.5 Å². The Hall–Kier alpha value is -8.00. The van der Waals surface area contributed by atoms with Crippen LogP contribution in [0.25, 0.3) is 4.85 Å². The molecule has 0 radical (unpaired) electrons. The molecule has 4 rings (SSSR count). The van der Waals surface area contributed by atoms with Gasteiger partial charge in [0, 0.05) is 71.0 Å². The summed E-state index contributed by atoms with van der Waals surface area (Å²) in [6.45, 7) is 48.8. The number of carbonyl (C=O) groups is 4. The fourth-order valence-corrected chi connectivity index (χ4v) is 16.4. The first kappa shape index (κ1) is 100. The zero-order valence-corrected chi connectivity index (χ0v) is 75.5. The van der Waals surface area contributed by atoms with Crippen molar-refractivity contribution in [1.82, 2.24) is 28.7 Å². The number of hydrogen-bond acceptors (Lipinski definition) is 13. The summed E-state index contributed by atoms with van der Waals surface area (Å²) in [5.74, 6) is -1.16. The number of unbranched alkanes of at least 4 members (excludes halogenated alkanes) is 8. The van der Waals surface area contributed by atoms with Crippen molar-refractivity contribution in [3.8, 4) is 17.8 Å². The van der Waals surface area contributed by atoms with E-state index in [0.717, 1.165) is 215 Å². The first-order valence-corrected chi connectivity index (χ1v) is 45.9. The van der Waals surface area contributed by atoms with E-state index in [4.69, 9.17) is 21.9 Å². The minimum atomic E-state index is -0.946. The van der Waals surface area contributed by atoms with Gasteiger partial charge in [0.15, 0.2) is 11.6 Å². The summed E-state index contributed by atoms with van der Waals surface area (Å²) in [5.41, 5.74) is -2.92. The quantitative estimate of drug-likeness (QED) is 0.0315. The van der Waals surface area contributed by atoms with Gasteiger partial charge in [0.05, 0.1) is 28.8 Å². The number of rotatable bonds is 59. The van der Waals surface area contributed by atoms with E-state index >= 15 is 28.8 Å². The van der Waals surface area contributed by atoms with Gasteiger partial charge >= 0.3 is 0 Å². The molecule has 116 heavy (non-hydrogen) atoms. The Morgan fingerprint density at radius 2 is 0.595 bits per heavy atom. The SMILES string of the molecule is [C-]#[N+]c1c(C)c(N=Nc2c(C(=O)N(CC(CC)CCCC)CC(CC)CCCC)cccc2C(=O)N(CC(CC)CCCC)CC(CC)CCCC)c(=O)n(CCn2c(O)c(C#N)c(C)c(N=Nc3c(C(=O)N(CC(CC)CCCC)CC(CC)CCCC)cccc3C(=O)N(CC(CC)CCCC)CC(CC)CCCC)c2=O)c1O. The van der Waals surface area contributed by atoms with Crippen molar-refractivity contribution in [2.75, 3.05) is 52.4 Å². The fraction of sp³-hybridized carbons (Fsp3) is 0.708. The summed E-state index contributed by atoms with van der Waals surface area (Å²) in [4.78, 5) is 106. The van der Waals surface area contributed by atoms with Gasteiger partial charge in [-0.1, -0.05) is 277 Å². The van der Waals surface area contributed by atoms with E-state index in [1.165, 1.54) is 13.8 Å². The summed E-state index contributed by atoms with van der Waals surface area (Å²) in [7, 11) is 0. The van der Waals surface area contributed by atoms with Gasteiger partial charge in [0.25, 0.3) is 34.7 Å². The normalized spacial score (nSPS) is 13.8. The second-order valence-electron chi connectivity index (χ2n) is 33.4. The molecule has 0 saturated carbocycles. The van der Waals surface area contributed by atoms with E-state index in [0.29, 0.717) is 52.4 Å². The van der Waals surface area contributed by atoms with E-state index < -0.39 is 36.0 Å². The van der Waals surface area contributed by atoms with Crippen LogP contribution in [0.2, 0.25) is 0 Å². The molecule has 2 aromatic heterocycles. The molecule has 0 spiro atoms. The minimum absolute atomic E-state index is 0.0214. The first-order valence-electron chi connectivity index (χ1n) is 45.9. The third-order valence-corrected chi connectivity index (χ3v) is 24.9. The number of hydrogen-bond donors (Lipinski definition) is 2. The Bertz CT molecular complexity index is 3460. The minimum Gasteiger partial charge on any atom is -0.503 e. The average Bonchev–Trinajstić information content (AvgIpc) is 0.776. The Labute approximate surface area is 700 Å². The van der Waals surface area contributed by atoms with Gasteiger partial charge in [-0.25, -0.2) is 4.85 Å². The number of nitriles is 1. The van der Waals surface area contributed by atoms with E-state index in [1.54, 1.807) is 36.4 Å². The predicted octanol–water partition coefficient (Wildman–Crippen LogP) is 25.5. The van der Waals surface area contributed by atoms with Crippen molar-refractivity contribution in [1.29, 1.82) is 5.26 Å². The second-order valence-corrected chi connectivity index (χ2v) is 33.4. The fourth-order valence-electron chi connectivity index (χ4n) is 16.4. The van der Waals surface area contributed by atoms with Crippen LogP contribution in [0.5, 0.6) is 11.8 Å². The van der Waals surface area contributed by atoms with Gasteiger partial charge in [0.2, 0.25) is 11.6 Å². The lowest BCUT2D eigenvalue weighted by atomic mass is 9.94. The lowest BCUT2D eigenvalue weighted by Gasteiger charge is -2.32. The maximum atomic E-state index is 15.9. The van der Waals surface area contributed by atoms with Gasteiger partial charge in [0.1, 0.15) is 28.7 Å². The Balaban J connectivity index is 2.15. The summed E-state index contributed by atoms with van der Waals surface area (Å²) in [5, 5.41) is 54.3. The topological polar surface area (TPSA) is 243 Å². The van der Waals surface area contributed by atoms with E-state index in [-0.39, 0.29) is 138 Å². The van der Waals surface area contributed by atoms with E-state index in [1.807, 2.05) is 25.7 Å². The van der Waals surface area contributed by atoms with Crippen molar-refractivity contribution >= 4 is 52.1 Å². The predicted molar refractivity (Wildman–Crippen MR) is 476 cm³/mol. The molecule has 0 fully saturated rings. The van der Waals surface area contributed by atoms with E-state index in [2.05, 4.69) is 121 Å². The zero-order chi connectivity index (χ0) is 85.8. The van der Waals surface area contributed by atoms with Crippen LogP contribution >= 0.6 is 0 Å². The lowest BCUT2D eigenvalue weighted by Crippen LogP contribution is -2.40. The van der Waals surface area contributed by atoms with Crippen LogP contribution < -0.4 is 11.1 Å². The Morgan fingerprint density at radius 1 is 0.379 bits per heavy atom. The highest BCUT2D eigenvalue weighted by Crippen LogP contribution is 2.39. The summed E-state index contributed by atoms with van der Waals surface area (Å²) >= 11 is 0. The van der Waals surface area contributed by atoms with Crippen LogP contribution in [0, 0.1) is 79.1 Å². The van der Waals surface area contributed by atoms with Crippen LogP contribution in [-0.4, -0.2) is 115 Å². The van der Waals surface area contributed by atoms with Crippen LogP contribution in [0.3, 0.4) is 0 Å². The number of amides is 4. The molecule has 2 N–H and O–H groups in total. The van der Waals surface area contributed by atoms with Crippen molar-refractivity contribution in [3.05, 3.63) is 107 Å². The molecule has 2 aromatic carbocycles. The zero-order valence-electron chi connectivity index (χ0n) is 75.5. The molecule has 8 atom stereocenters. The number of aromatic nitrogens is 2. The molecule has 4 amide bonds. The molecule has 8 unspecified atom stereocenters. The maximum Gasteiger partial charge on any atom is 0.281 e. The van der Waals surface area contributed by atoms with Crippen molar-refractivity contribution in [2.45, 2.75) is 343 Å². The molecular formula is C96H154N12O8. The molecule has 2 heterocycles. The van der Waals surface area contributed by atoms with Gasteiger partial charge in [-0.05, 0) is 142 Å². The molecular weight excluding hydrogens is 1450 g/mol. The molecule has 646 valence electrons. The van der Waals surface area contributed by atoms with Gasteiger partial charge in [-0.3, -0.25) is 37.9 Å². The highest BCUT2D eigenvalue weighted by atomic mass is 16.3. The standard InChI is InChI=1S/C96H154N12O8/c1-20-36-46-71(28-9)61-103(62-72(29-10)47-37-21-2)89(109)79-54-44-55-80(90(110)104(63-73(30-11)48-38-22-3)64-74(31-12)49-39-23-4)87(79)101-99-85-69(17)83(60-97)93(113)107(95(85)115)58-59-108-94(114)84(98-19)70(18)86(96(108)116)100-102-88-81(91(111)105(65-75(32-13)50-40-24-5)66-76(33-14)51-41-25-6)56-45-57-82(88)92(112)106(67-77(34-15)52-42-26-7)68-78(35-16)53-43-27-8/h44-45,54-57,71-78,113-114H,20-43,46-53,58-59,61-68H2,1-18H3. The largest absolute Gasteiger partial charge is 0.503 e. The molecule has 0 aliphatic carbocycles. The number of pyridine rings is 2. The van der Waals surface area contributed by atoms with Crippen LogP contribution in [0.1, 0.15) is 374 Å². The second kappa shape index (κ2) is 54.9. The van der Waals surface area contributed by atoms with Crippen molar-refractivity contribution in [2.24, 2.45) is 67.8 Å². The van der Waals surface area contributed by atoms with Gasteiger partial charge in [-0.2, -0.15) is 5.26 Å². The number of azo groups is 2. The molecule has 0 saturated heterocycles. The average molecular weight is 1600 g/mol. The number of carbonyl (C=O) groups excluding carboxylic acids is 4. The van der Waals surface area contributed by atoms with Crippen LogP contribution in [0.15, 0.2) is 66.4 Å². The summed E-state index contributed by atoms with van der Waals surface area (Å²) < 4.78 is 1.71. The van der Waals surface area contributed by atoms with Crippen LogP contribution in [0.4, 0.5) is 28.4 Å². The molecule has 20 nitrogen and oxygen atoms in total. The third-order valence-electron chi connectivity index (χ3n) is 24.9.